The average molecular weight is 540 g/mol. The van der Waals surface area contributed by atoms with Crippen molar-refractivity contribution in [3.63, 3.8) is 0 Å². The monoisotopic (exact) mass is 539 g/mol. The summed E-state index contributed by atoms with van der Waals surface area (Å²) in [6, 6.07) is 20.5. The van der Waals surface area contributed by atoms with Crippen molar-refractivity contribution >= 4 is 21.8 Å². The number of rotatable bonds is 13. The summed E-state index contributed by atoms with van der Waals surface area (Å²) in [6.07, 6.45) is 1.21. The molecule has 38 heavy (non-hydrogen) atoms. The van der Waals surface area contributed by atoms with Crippen molar-refractivity contribution in [3.05, 3.63) is 101 Å². The summed E-state index contributed by atoms with van der Waals surface area (Å²) in [5.41, 5.74) is 2.17. The van der Waals surface area contributed by atoms with Crippen LogP contribution in [0.25, 0.3) is 0 Å². The SMILES string of the molecule is CCCNC(=O)[C@@H](c1ccccc1)N(Cc1ccc(F)cc1)C(=O)CCc1ccc(S(=O)(=O)NCC)cc1. The van der Waals surface area contributed by atoms with Crippen LogP contribution >= 0.6 is 0 Å². The maximum Gasteiger partial charge on any atom is 0.247 e. The molecule has 0 fully saturated rings. The van der Waals surface area contributed by atoms with E-state index in [0.29, 0.717) is 24.1 Å². The Morgan fingerprint density at radius 3 is 2.13 bits per heavy atom. The van der Waals surface area contributed by atoms with Crippen LogP contribution in [-0.4, -0.2) is 38.2 Å². The van der Waals surface area contributed by atoms with Gasteiger partial charge in [-0.05, 0) is 53.8 Å². The fourth-order valence-corrected chi connectivity index (χ4v) is 5.11. The van der Waals surface area contributed by atoms with Gasteiger partial charge in [-0.2, -0.15) is 0 Å². The van der Waals surface area contributed by atoms with E-state index in [4.69, 9.17) is 0 Å². The first kappa shape index (κ1) is 29.0. The first-order valence-corrected chi connectivity index (χ1v) is 14.2. The smallest absolute Gasteiger partial charge is 0.247 e. The van der Waals surface area contributed by atoms with Gasteiger partial charge in [0.1, 0.15) is 11.9 Å². The third-order valence-corrected chi connectivity index (χ3v) is 7.57. The summed E-state index contributed by atoms with van der Waals surface area (Å²) in [7, 11) is -3.56. The summed E-state index contributed by atoms with van der Waals surface area (Å²) < 4.78 is 40.4. The molecule has 3 rings (SSSR count). The fourth-order valence-electron chi connectivity index (χ4n) is 4.07. The van der Waals surface area contributed by atoms with Gasteiger partial charge in [-0.3, -0.25) is 9.59 Å². The number of halogens is 1. The van der Waals surface area contributed by atoms with Crippen LogP contribution in [0.4, 0.5) is 4.39 Å². The van der Waals surface area contributed by atoms with Gasteiger partial charge in [0.25, 0.3) is 0 Å². The predicted octanol–water partition coefficient (Wildman–Crippen LogP) is 4.35. The van der Waals surface area contributed by atoms with Gasteiger partial charge in [-0.25, -0.2) is 17.5 Å². The third kappa shape index (κ3) is 7.97. The fraction of sp³-hybridized carbons (Fsp3) is 0.310. The zero-order valence-corrected chi connectivity index (χ0v) is 22.5. The number of aryl methyl sites for hydroxylation is 1. The number of carbonyl (C=O) groups is 2. The molecule has 0 bridgehead atoms. The van der Waals surface area contributed by atoms with Gasteiger partial charge in [-0.15, -0.1) is 0 Å². The maximum absolute atomic E-state index is 13.7. The molecule has 3 aromatic carbocycles. The number of benzene rings is 3. The lowest BCUT2D eigenvalue weighted by Crippen LogP contribution is -2.43. The Morgan fingerprint density at radius 2 is 1.53 bits per heavy atom. The van der Waals surface area contributed by atoms with Gasteiger partial charge < -0.3 is 10.2 Å². The van der Waals surface area contributed by atoms with Crippen LogP contribution in [-0.2, 0) is 32.6 Å². The minimum absolute atomic E-state index is 0.102. The highest BCUT2D eigenvalue weighted by atomic mass is 32.2. The van der Waals surface area contributed by atoms with Crippen LogP contribution in [0, 0.1) is 5.82 Å². The van der Waals surface area contributed by atoms with E-state index in [1.165, 1.54) is 29.2 Å². The average Bonchev–Trinajstić information content (AvgIpc) is 2.92. The maximum atomic E-state index is 13.7. The minimum atomic E-state index is -3.56. The summed E-state index contributed by atoms with van der Waals surface area (Å²) >= 11 is 0. The van der Waals surface area contributed by atoms with Gasteiger partial charge in [0.05, 0.1) is 4.90 Å². The molecule has 2 N–H and O–H groups in total. The molecular formula is C29H34FN3O4S. The number of sulfonamides is 1. The molecule has 0 aliphatic carbocycles. The zero-order chi connectivity index (χ0) is 27.5. The Bertz CT molecular complexity index is 1300. The molecule has 1 atom stereocenters. The molecule has 0 heterocycles. The van der Waals surface area contributed by atoms with E-state index < -0.39 is 16.1 Å². The van der Waals surface area contributed by atoms with Crippen molar-refractivity contribution < 1.29 is 22.4 Å². The van der Waals surface area contributed by atoms with E-state index in [1.807, 2.05) is 37.3 Å². The Balaban J connectivity index is 1.87. The molecule has 7 nitrogen and oxygen atoms in total. The number of nitrogens with zero attached hydrogens (tertiary/aromatic N) is 1. The molecular weight excluding hydrogens is 505 g/mol. The highest BCUT2D eigenvalue weighted by molar-refractivity contribution is 7.89. The van der Waals surface area contributed by atoms with E-state index in [-0.39, 0.29) is 42.0 Å². The highest BCUT2D eigenvalue weighted by Crippen LogP contribution is 2.25. The second-order valence-electron chi connectivity index (χ2n) is 8.90. The van der Waals surface area contributed by atoms with Crippen molar-refractivity contribution in [2.24, 2.45) is 0 Å². The summed E-state index contributed by atoms with van der Waals surface area (Å²) in [6.45, 7) is 4.55. The second-order valence-corrected chi connectivity index (χ2v) is 10.7. The Kier molecular flexibility index (Phi) is 10.6. The van der Waals surface area contributed by atoms with Gasteiger partial charge in [-0.1, -0.05) is 68.4 Å². The van der Waals surface area contributed by atoms with Crippen LogP contribution in [0.3, 0.4) is 0 Å². The number of hydrogen-bond donors (Lipinski definition) is 2. The lowest BCUT2D eigenvalue weighted by molar-refractivity contribution is -0.141. The molecule has 202 valence electrons. The number of amides is 2. The molecule has 0 saturated heterocycles. The van der Waals surface area contributed by atoms with Crippen molar-refractivity contribution in [3.8, 4) is 0 Å². The number of carbonyl (C=O) groups excluding carboxylic acids is 2. The molecule has 0 aliphatic heterocycles. The molecule has 0 spiro atoms. The van der Waals surface area contributed by atoms with E-state index in [9.17, 15) is 22.4 Å². The van der Waals surface area contributed by atoms with Crippen LogP contribution in [0.1, 0.15) is 49.4 Å². The van der Waals surface area contributed by atoms with Crippen molar-refractivity contribution in [2.75, 3.05) is 13.1 Å². The highest BCUT2D eigenvalue weighted by Gasteiger charge is 2.31. The normalized spacial score (nSPS) is 12.1. The molecule has 0 saturated carbocycles. The van der Waals surface area contributed by atoms with Crippen LogP contribution in [0.2, 0.25) is 0 Å². The van der Waals surface area contributed by atoms with Gasteiger partial charge in [0, 0.05) is 26.1 Å². The third-order valence-electron chi connectivity index (χ3n) is 6.01. The molecule has 0 aromatic heterocycles. The minimum Gasteiger partial charge on any atom is -0.354 e. The summed E-state index contributed by atoms with van der Waals surface area (Å²) in [5, 5.41) is 2.91. The lowest BCUT2D eigenvalue weighted by Gasteiger charge is -2.32. The van der Waals surface area contributed by atoms with E-state index in [0.717, 1.165) is 12.0 Å². The van der Waals surface area contributed by atoms with Crippen molar-refractivity contribution in [1.82, 2.24) is 14.9 Å². The van der Waals surface area contributed by atoms with Crippen LogP contribution in [0.15, 0.2) is 83.8 Å². The summed E-state index contributed by atoms with van der Waals surface area (Å²) in [4.78, 5) is 28.7. The number of nitrogens with one attached hydrogen (secondary N) is 2. The first-order chi connectivity index (χ1) is 18.2. The molecule has 0 unspecified atom stereocenters. The van der Waals surface area contributed by atoms with E-state index in [1.54, 1.807) is 31.2 Å². The topological polar surface area (TPSA) is 95.6 Å². The molecule has 2 amide bonds. The Morgan fingerprint density at radius 1 is 0.895 bits per heavy atom. The standard InChI is InChI=1S/C29H34FN3O4S/c1-3-20-31-29(35)28(24-8-6-5-7-9-24)33(21-23-10-15-25(30)16-11-23)27(34)19-14-22-12-17-26(18-13-22)38(36,37)32-4-2/h5-13,15-18,28,32H,3-4,14,19-21H2,1-2H3,(H,31,35)/t28-/m1/s1. The Hall–Kier alpha value is -3.56. The van der Waals surface area contributed by atoms with Crippen molar-refractivity contribution in [1.29, 1.82) is 0 Å². The first-order valence-electron chi connectivity index (χ1n) is 12.7. The van der Waals surface area contributed by atoms with Gasteiger partial charge in [0.2, 0.25) is 21.8 Å². The van der Waals surface area contributed by atoms with Crippen LogP contribution in [0.5, 0.6) is 0 Å². The van der Waals surface area contributed by atoms with Gasteiger partial charge >= 0.3 is 0 Å². The zero-order valence-electron chi connectivity index (χ0n) is 21.7. The number of hydrogen-bond acceptors (Lipinski definition) is 4. The Labute approximate surface area is 224 Å². The van der Waals surface area contributed by atoms with Crippen LogP contribution < -0.4 is 10.0 Å². The van der Waals surface area contributed by atoms with E-state index in [2.05, 4.69) is 10.0 Å². The molecule has 0 aliphatic rings. The summed E-state index contributed by atoms with van der Waals surface area (Å²) in [5.74, 6) is -0.919. The van der Waals surface area contributed by atoms with Crippen molar-refractivity contribution in [2.45, 2.75) is 50.6 Å². The molecule has 0 radical (unpaired) electrons. The molecule has 9 heteroatoms. The lowest BCUT2D eigenvalue weighted by atomic mass is 10.0. The second kappa shape index (κ2) is 13.8. The molecule has 3 aromatic rings. The van der Waals surface area contributed by atoms with E-state index >= 15 is 0 Å². The van der Waals surface area contributed by atoms with Gasteiger partial charge in [0.15, 0.2) is 0 Å². The largest absolute Gasteiger partial charge is 0.354 e. The quantitative estimate of drug-likeness (QED) is 0.338. The predicted molar refractivity (Wildman–Crippen MR) is 145 cm³/mol.